The Morgan fingerprint density at radius 2 is 2.44 bits per heavy atom. The Hall–Kier alpha value is -1.03. The number of hydrogen-bond donors (Lipinski definition) is 1. The Morgan fingerprint density at radius 1 is 1.62 bits per heavy atom. The quantitative estimate of drug-likeness (QED) is 0.903. The maximum absolute atomic E-state index is 10.8. The molecule has 1 aromatic carbocycles. The first-order valence-electron chi connectivity index (χ1n) is 5.31. The average molecular weight is 284 g/mol. The lowest BCUT2D eigenvalue weighted by atomic mass is 9.97. The molecule has 4 heteroatoms. The molecule has 16 heavy (non-hydrogen) atoms. The fourth-order valence-corrected chi connectivity index (χ4v) is 2.25. The van der Waals surface area contributed by atoms with Gasteiger partial charge in [0.15, 0.2) is 0 Å². The molecule has 0 radical (unpaired) electrons. The Labute approximate surface area is 103 Å². The van der Waals surface area contributed by atoms with Gasteiger partial charge in [0.05, 0.1) is 6.61 Å². The van der Waals surface area contributed by atoms with E-state index in [1.807, 2.05) is 12.1 Å². The summed E-state index contributed by atoms with van der Waals surface area (Å²) < 4.78 is 6.72. The minimum Gasteiger partial charge on any atom is -0.493 e. The molecule has 0 aromatic heterocycles. The lowest BCUT2D eigenvalue weighted by molar-refractivity contribution is -0.119. The summed E-state index contributed by atoms with van der Waals surface area (Å²) >= 11 is 3.45. The zero-order valence-corrected chi connectivity index (χ0v) is 10.7. The van der Waals surface area contributed by atoms with Crippen LogP contribution in [-0.2, 0) is 11.2 Å². The number of ether oxygens (including phenoxy) is 1. The van der Waals surface area contributed by atoms with Crippen LogP contribution in [0.15, 0.2) is 22.7 Å². The summed E-state index contributed by atoms with van der Waals surface area (Å²) in [6.45, 7) is 2.89. The minimum atomic E-state index is 0.0139. The first-order chi connectivity index (χ1) is 7.65. The van der Waals surface area contributed by atoms with Crippen molar-refractivity contribution in [3.63, 3.8) is 0 Å². The standard InChI is InChI=1S/C12H14BrNO2/c1-8(15)14-6-9-4-10-5-11(13)2-3-12(10)16-7-9/h2-3,5,9H,4,6-7H2,1H3,(H,14,15). The Bertz CT molecular complexity index is 406. The van der Waals surface area contributed by atoms with Crippen LogP contribution >= 0.6 is 15.9 Å². The van der Waals surface area contributed by atoms with Gasteiger partial charge in [-0.1, -0.05) is 15.9 Å². The molecule has 0 fully saturated rings. The monoisotopic (exact) mass is 283 g/mol. The predicted molar refractivity (Wildman–Crippen MR) is 65.5 cm³/mol. The molecule has 0 aliphatic carbocycles. The lowest BCUT2D eigenvalue weighted by Crippen LogP contribution is -2.33. The van der Waals surface area contributed by atoms with Crippen molar-refractivity contribution in [3.8, 4) is 5.75 Å². The summed E-state index contributed by atoms with van der Waals surface area (Å²) in [6, 6.07) is 6.04. The molecule has 1 unspecified atom stereocenters. The topological polar surface area (TPSA) is 38.3 Å². The van der Waals surface area contributed by atoms with Gasteiger partial charge in [-0.15, -0.1) is 0 Å². The van der Waals surface area contributed by atoms with Crippen molar-refractivity contribution in [1.29, 1.82) is 0 Å². The van der Waals surface area contributed by atoms with Crippen LogP contribution in [0.2, 0.25) is 0 Å². The van der Waals surface area contributed by atoms with Crippen LogP contribution in [0.5, 0.6) is 5.75 Å². The van der Waals surface area contributed by atoms with E-state index in [2.05, 4.69) is 27.3 Å². The van der Waals surface area contributed by atoms with Crippen LogP contribution in [0.4, 0.5) is 0 Å². The molecule has 1 aromatic rings. The van der Waals surface area contributed by atoms with Crippen LogP contribution in [-0.4, -0.2) is 19.1 Å². The molecule has 1 N–H and O–H groups in total. The normalized spacial score (nSPS) is 18.5. The van der Waals surface area contributed by atoms with Crippen molar-refractivity contribution in [2.45, 2.75) is 13.3 Å². The van der Waals surface area contributed by atoms with Crippen molar-refractivity contribution in [2.75, 3.05) is 13.2 Å². The molecular formula is C12H14BrNO2. The number of benzene rings is 1. The third-order valence-electron chi connectivity index (χ3n) is 2.65. The van der Waals surface area contributed by atoms with E-state index >= 15 is 0 Å². The van der Waals surface area contributed by atoms with Gasteiger partial charge in [-0.25, -0.2) is 0 Å². The Balaban J connectivity index is 2.02. The molecule has 1 aliphatic heterocycles. The Morgan fingerprint density at radius 3 is 3.19 bits per heavy atom. The number of amides is 1. The summed E-state index contributed by atoms with van der Waals surface area (Å²) in [6.07, 6.45) is 0.953. The van der Waals surface area contributed by atoms with E-state index in [0.717, 1.165) is 16.6 Å². The molecular weight excluding hydrogens is 270 g/mol. The number of carbonyl (C=O) groups is 1. The summed E-state index contributed by atoms with van der Waals surface area (Å²) in [5.74, 6) is 1.34. The fraction of sp³-hybridized carbons (Fsp3) is 0.417. The molecule has 0 bridgehead atoms. The molecule has 1 heterocycles. The highest BCUT2D eigenvalue weighted by molar-refractivity contribution is 9.10. The van der Waals surface area contributed by atoms with Gasteiger partial charge in [0.25, 0.3) is 0 Å². The zero-order chi connectivity index (χ0) is 11.5. The summed E-state index contributed by atoms with van der Waals surface area (Å²) in [5.41, 5.74) is 1.20. The summed E-state index contributed by atoms with van der Waals surface area (Å²) in [5, 5.41) is 2.83. The second kappa shape index (κ2) is 4.87. The van der Waals surface area contributed by atoms with Gasteiger partial charge in [0, 0.05) is 23.9 Å². The average Bonchev–Trinajstić information content (AvgIpc) is 2.25. The van der Waals surface area contributed by atoms with E-state index in [1.54, 1.807) is 0 Å². The van der Waals surface area contributed by atoms with Crippen molar-refractivity contribution < 1.29 is 9.53 Å². The van der Waals surface area contributed by atoms with Gasteiger partial charge in [0.2, 0.25) is 5.91 Å². The molecule has 3 nitrogen and oxygen atoms in total. The summed E-state index contributed by atoms with van der Waals surface area (Å²) in [4.78, 5) is 10.8. The van der Waals surface area contributed by atoms with E-state index in [0.29, 0.717) is 19.1 Å². The van der Waals surface area contributed by atoms with E-state index in [-0.39, 0.29) is 5.91 Å². The second-order valence-corrected chi connectivity index (χ2v) is 4.99. The van der Waals surface area contributed by atoms with Crippen LogP contribution in [0, 0.1) is 5.92 Å². The smallest absolute Gasteiger partial charge is 0.216 e. The molecule has 1 atom stereocenters. The maximum Gasteiger partial charge on any atom is 0.216 e. The lowest BCUT2D eigenvalue weighted by Gasteiger charge is -2.25. The van der Waals surface area contributed by atoms with Gasteiger partial charge >= 0.3 is 0 Å². The summed E-state index contributed by atoms with van der Waals surface area (Å²) in [7, 11) is 0. The zero-order valence-electron chi connectivity index (χ0n) is 9.13. The first-order valence-corrected chi connectivity index (χ1v) is 6.10. The van der Waals surface area contributed by atoms with Crippen LogP contribution in [0.25, 0.3) is 0 Å². The molecule has 1 amide bonds. The van der Waals surface area contributed by atoms with E-state index in [9.17, 15) is 4.79 Å². The minimum absolute atomic E-state index is 0.0139. The van der Waals surface area contributed by atoms with Crippen LogP contribution < -0.4 is 10.1 Å². The second-order valence-electron chi connectivity index (χ2n) is 4.07. The molecule has 86 valence electrons. The predicted octanol–water partition coefficient (Wildman–Crippen LogP) is 2.14. The van der Waals surface area contributed by atoms with E-state index in [1.165, 1.54) is 12.5 Å². The van der Waals surface area contributed by atoms with Gasteiger partial charge in [0.1, 0.15) is 5.75 Å². The molecule has 1 aliphatic rings. The molecule has 0 spiro atoms. The highest BCUT2D eigenvalue weighted by Crippen LogP contribution is 2.29. The maximum atomic E-state index is 10.8. The van der Waals surface area contributed by atoms with Gasteiger partial charge < -0.3 is 10.1 Å². The number of fused-ring (bicyclic) bond motifs is 1. The number of halogens is 1. The molecule has 0 saturated carbocycles. The third-order valence-corrected chi connectivity index (χ3v) is 3.14. The molecule has 2 rings (SSSR count). The van der Waals surface area contributed by atoms with Crippen LogP contribution in [0.1, 0.15) is 12.5 Å². The fourth-order valence-electron chi connectivity index (χ4n) is 1.85. The highest BCUT2D eigenvalue weighted by atomic mass is 79.9. The number of rotatable bonds is 2. The first kappa shape index (κ1) is 11.5. The largest absolute Gasteiger partial charge is 0.493 e. The van der Waals surface area contributed by atoms with Crippen molar-refractivity contribution >= 4 is 21.8 Å². The SMILES string of the molecule is CC(=O)NCC1COc2ccc(Br)cc2C1. The van der Waals surface area contributed by atoms with Crippen molar-refractivity contribution in [1.82, 2.24) is 5.32 Å². The van der Waals surface area contributed by atoms with Crippen LogP contribution in [0.3, 0.4) is 0 Å². The van der Waals surface area contributed by atoms with Gasteiger partial charge in [-0.2, -0.15) is 0 Å². The van der Waals surface area contributed by atoms with Gasteiger partial charge in [-0.05, 0) is 30.2 Å². The number of nitrogens with one attached hydrogen (secondary N) is 1. The number of hydrogen-bond acceptors (Lipinski definition) is 2. The van der Waals surface area contributed by atoms with E-state index in [4.69, 9.17) is 4.74 Å². The third kappa shape index (κ3) is 2.76. The molecule has 0 saturated heterocycles. The van der Waals surface area contributed by atoms with Crippen molar-refractivity contribution in [3.05, 3.63) is 28.2 Å². The Kier molecular flexibility index (Phi) is 3.49. The number of carbonyl (C=O) groups excluding carboxylic acids is 1. The van der Waals surface area contributed by atoms with Gasteiger partial charge in [-0.3, -0.25) is 4.79 Å². The van der Waals surface area contributed by atoms with E-state index < -0.39 is 0 Å². The highest BCUT2D eigenvalue weighted by Gasteiger charge is 2.19. The van der Waals surface area contributed by atoms with Crippen molar-refractivity contribution in [2.24, 2.45) is 5.92 Å².